The predicted molar refractivity (Wildman–Crippen MR) is 91.1 cm³/mol. The lowest BCUT2D eigenvalue weighted by atomic mass is 9.88. The Morgan fingerprint density at radius 1 is 1.12 bits per heavy atom. The summed E-state index contributed by atoms with van der Waals surface area (Å²) >= 11 is 0. The number of carbonyl (C=O) groups excluding carboxylic acids is 1. The second kappa shape index (κ2) is 7.81. The van der Waals surface area contributed by atoms with Crippen LogP contribution >= 0.6 is 0 Å². The van der Waals surface area contributed by atoms with Gasteiger partial charge in [-0.1, -0.05) is 0 Å². The van der Waals surface area contributed by atoms with Crippen LogP contribution in [0.25, 0.3) is 0 Å². The summed E-state index contributed by atoms with van der Waals surface area (Å²) in [5.41, 5.74) is -0.480. The molecule has 140 valence electrons. The second-order valence-corrected chi connectivity index (χ2v) is 5.55. The highest BCUT2D eigenvalue weighted by Crippen LogP contribution is 2.42. The van der Waals surface area contributed by atoms with Gasteiger partial charge in [-0.15, -0.1) is 0 Å². The number of ether oxygens (including phenoxy) is 3. The lowest BCUT2D eigenvalue weighted by Crippen LogP contribution is -2.18. The first-order valence-electron chi connectivity index (χ1n) is 7.67. The molecule has 0 saturated carbocycles. The number of aryl methyl sites for hydroxylation is 1. The molecule has 0 aliphatic carbocycles. The molecule has 2 N–H and O–H groups in total. The standard InChI is InChI=1S/C18H20O8/c1-9-5-12(19)16(18(22)26-9)11(8-15(20)25-4)10-6-13(23-2)17(21)14(7-10)24-3/h5-7,11,19,21H,8H2,1-4H3. The van der Waals surface area contributed by atoms with Gasteiger partial charge in [0, 0.05) is 12.0 Å². The Balaban J connectivity index is 2.71. The van der Waals surface area contributed by atoms with Crippen LogP contribution in [0.15, 0.2) is 27.4 Å². The molecule has 8 heteroatoms. The zero-order valence-electron chi connectivity index (χ0n) is 14.9. The summed E-state index contributed by atoms with van der Waals surface area (Å²) in [6.07, 6.45) is -0.241. The average molecular weight is 364 g/mol. The van der Waals surface area contributed by atoms with Crippen LogP contribution in [0.4, 0.5) is 0 Å². The van der Waals surface area contributed by atoms with Gasteiger partial charge in [-0.3, -0.25) is 4.79 Å². The van der Waals surface area contributed by atoms with Crippen molar-refractivity contribution < 1.29 is 33.6 Å². The number of phenolic OH excluding ortho intramolecular Hbond substituents is 1. The summed E-state index contributed by atoms with van der Waals surface area (Å²) in [7, 11) is 3.92. The molecular formula is C18H20O8. The lowest BCUT2D eigenvalue weighted by Gasteiger charge is -2.19. The molecule has 0 fully saturated rings. The molecular weight excluding hydrogens is 344 g/mol. The summed E-state index contributed by atoms with van der Waals surface area (Å²) < 4.78 is 20.0. The van der Waals surface area contributed by atoms with Gasteiger partial charge in [-0.05, 0) is 24.6 Å². The average Bonchev–Trinajstić information content (AvgIpc) is 2.60. The quantitative estimate of drug-likeness (QED) is 0.749. The van der Waals surface area contributed by atoms with Crippen LogP contribution in [0.3, 0.4) is 0 Å². The molecule has 0 amide bonds. The molecule has 0 aliphatic heterocycles. The van der Waals surface area contributed by atoms with Crippen molar-refractivity contribution >= 4 is 5.97 Å². The minimum Gasteiger partial charge on any atom is -0.507 e. The maximum Gasteiger partial charge on any atom is 0.343 e. The van der Waals surface area contributed by atoms with Crippen LogP contribution in [0, 0.1) is 6.92 Å². The van der Waals surface area contributed by atoms with Crippen molar-refractivity contribution in [1.29, 1.82) is 0 Å². The van der Waals surface area contributed by atoms with Crippen molar-refractivity contribution in [2.24, 2.45) is 0 Å². The second-order valence-electron chi connectivity index (χ2n) is 5.55. The van der Waals surface area contributed by atoms with Crippen LogP contribution in [0.5, 0.6) is 23.0 Å². The van der Waals surface area contributed by atoms with E-state index in [0.717, 1.165) is 0 Å². The van der Waals surface area contributed by atoms with E-state index in [1.807, 2.05) is 0 Å². The van der Waals surface area contributed by atoms with E-state index in [1.54, 1.807) is 0 Å². The SMILES string of the molecule is COC(=O)CC(c1cc(OC)c(O)c(OC)c1)c1c(O)cc(C)oc1=O. The number of benzene rings is 1. The first kappa shape index (κ1) is 19.2. The van der Waals surface area contributed by atoms with Crippen molar-refractivity contribution in [2.75, 3.05) is 21.3 Å². The molecule has 2 aromatic rings. The Morgan fingerprint density at radius 2 is 1.69 bits per heavy atom. The molecule has 0 aliphatic rings. The number of methoxy groups -OCH3 is 3. The van der Waals surface area contributed by atoms with Crippen molar-refractivity contribution in [2.45, 2.75) is 19.3 Å². The highest BCUT2D eigenvalue weighted by atomic mass is 16.5. The van der Waals surface area contributed by atoms with Gasteiger partial charge < -0.3 is 28.8 Å². The van der Waals surface area contributed by atoms with E-state index in [9.17, 15) is 19.8 Å². The topological polar surface area (TPSA) is 115 Å². The predicted octanol–water partition coefficient (Wildman–Crippen LogP) is 2.07. The molecule has 1 aromatic carbocycles. The summed E-state index contributed by atoms with van der Waals surface area (Å²) in [4.78, 5) is 24.2. The fraction of sp³-hybridized carbons (Fsp3) is 0.333. The van der Waals surface area contributed by atoms with Gasteiger partial charge in [-0.2, -0.15) is 0 Å². The minimum atomic E-state index is -0.900. The van der Waals surface area contributed by atoms with E-state index in [4.69, 9.17) is 18.6 Å². The first-order valence-corrected chi connectivity index (χ1v) is 7.67. The van der Waals surface area contributed by atoms with E-state index in [2.05, 4.69) is 0 Å². The highest BCUT2D eigenvalue weighted by Gasteiger charge is 2.28. The van der Waals surface area contributed by atoms with Crippen LogP contribution in [-0.4, -0.2) is 37.5 Å². The van der Waals surface area contributed by atoms with E-state index >= 15 is 0 Å². The molecule has 0 bridgehead atoms. The molecule has 8 nitrogen and oxygen atoms in total. The zero-order valence-corrected chi connectivity index (χ0v) is 14.9. The van der Waals surface area contributed by atoms with Crippen molar-refractivity contribution in [3.05, 3.63) is 45.5 Å². The molecule has 0 saturated heterocycles. The van der Waals surface area contributed by atoms with Gasteiger partial charge in [0.05, 0.1) is 33.3 Å². The number of phenols is 1. The van der Waals surface area contributed by atoms with Gasteiger partial charge in [0.2, 0.25) is 5.75 Å². The molecule has 0 radical (unpaired) electrons. The molecule has 1 unspecified atom stereocenters. The number of rotatable bonds is 6. The van der Waals surface area contributed by atoms with Crippen LogP contribution < -0.4 is 15.1 Å². The Labute approximate surface area is 149 Å². The van der Waals surface area contributed by atoms with E-state index in [-0.39, 0.29) is 40.7 Å². The van der Waals surface area contributed by atoms with Gasteiger partial charge in [0.15, 0.2) is 11.5 Å². The van der Waals surface area contributed by atoms with Crippen molar-refractivity contribution in [1.82, 2.24) is 0 Å². The number of aromatic hydroxyl groups is 2. The summed E-state index contributed by atoms with van der Waals surface area (Å²) in [6.45, 7) is 1.52. The number of hydrogen-bond donors (Lipinski definition) is 2. The maximum absolute atomic E-state index is 12.3. The van der Waals surface area contributed by atoms with Crippen LogP contribution in [-0.2, 0) is 9.53 Å². The monoisotopic (exact) mass is 364 g/mol. The third-order valence-electron chi connectivity index (χ3n) is 3.94. The zero-order chi connectivity index (χ0) is 19.4. The maximum atomic E-state index is 12.3. The summed E-state index contributed by atoms with van der Waals surface area (Å²) in [5.74, 6) is -1.62. The Hall–Kier alpha value is -3.16. The molecule has 1 heterocycles. The first-order chi connectivity index (χ1) is 12.3. The summed E-state index contributed by atoms with van der Waals surface area (Å²) in [5, 5.41) is 20.3. The molecule has 1 aromatic heterocycles. The highest BCUT2D eigenvalue weighted by molar-refractivity contribution is 5.72. The number of carbonyl (C=O) groups is 1. The number of esters is 1. The number of hydrogen-bond acceptors (Lipinski definition) is 8. The van der Waals surface area contributed by atoms with E-state index in [1.165, 1.54) is 46.5 Å². The van der Waals surface area contributed by atoms with Gasteiger partial charge in [0.25, 0.3) is 0 Å². The van der Waals surface area contributed by atoms with Crippen molar-refractivity contribution in [3.63, 3.8) is 0 Å². The largest absolute Gasteiger partial charge is 0.507 e. The minimum absolute atomic E-state index is 0.0882. The normalized spacial score (nSPS) is 11.7. The van der Waals surface area contributed by atoms with Crippen LogP contribution in [0.1, 0.15) is 29.2 Å². The van der Waals surface area contributed by atoms with Gasteiger partial charge >= 0.3 is 11.6 Å². The van der Waals surface area contributed by atoms with Gasteiger partial charge in [0.1, 0.15) is 11.5 Å². The summed E-state index contributed by atoms with van der Waals surface area (Å²) in [6, 6.07) is 4.18. The van der Waals surface area contributed by atoms with E-state index < -0.39 is 17.5 Å². The molecule has 0 spiro atoms. The van der Waals surface area contributed by atoms with Crippen LogP contribution in [0.2, 0.25) is 0 Å². The van der Waals surface area contributed by atoms with E-state index in [0.29, 0.717) is 5.56 Å². The van der Waals surface area contributed by atoms with Gasteiger partial charge in [-0.25, -0.2) is 4.79 Å². The Kier molecular flexibility index (Phi) is 5.76. The smallest absolute Gasteiger partial charge is 0.343 e. The third kappa shape index (κ3) is 3.74. The Bertz CT molecular complexity index is 843. The Morgan fingerprint density at radius 3 is 2.15 bits per heavy atom. The van der Waals surface area contributed by atoms with Crippen molar-refractivity contribution in [3.8, 4) is 23.0 Å². The molecule has 26 heavy (non-hydrogen) atoms. The fourth-order valence-electron chi connectivity index (χ4n) is 2.68. The fourth-order valence-corrected chi connectivity index (χ4v) is 2.68. The molecule has 1 atom stereocenters. The molecule has 2 rings (SSSR count). The lowest BCUT2D eigenvalue weighted by molar-refractivity contribution is -0.140. The third-order valence-corrected chi connectivity index (χ3v) is 3.94.